The van der Waals surface area contributed by atoms with Crippen LogP contribution in [0.15, 0.2) is 23.0 Å². The van der Waals surface area contributed by atoms with Crippen molar-refractivity contribution in [1.29, 1.82) is 0 Å². The molecule has 0 heterocycles. The van der Waals surface area contributed by atoms with E-state index in [-0.39, 0.29) is 0 Å². The maximum absolute atomic E-state index is 3.69. The summed E-state index contributed by atoms with van der Waals surface area (Å²) in [5.41, 5.74) is 0. The van der Waals surface area contributed by atoms with E-state index in [2.05, 4.69) is 20.1 Å². The highest BCUT2D eigenvalue weighted by Gasteiger charge is 2.00. The maximum atomic E-state index is 3.69. The quantitative estimate of drug-likeness (QED) is 0.487. The summed E-state index contributed by atoms with van der Waals surface area (Å²) < 4.78 is 0. The smallest absolute Gasteiger partial charge is 0.147 e. The van der Waals surface area contributed by atoms with Crippen molar-refractivity contribution >= 4 is 14.1 Å². The molecule has 0 bridgehead atoms. The van der Waals surface area contributed by atoms with E-state index in [1.165, 1.54) is 5.28 Å². The molecule has 0 saturated heterocycles. The van der Waals surface area contributed by atoms with Gasteiger partial charge in [0.1, 0.15) is 0 Å². The summed E-state index contributed by atoms with van der Waals surface area (Å²) in [6, 6.07) is 0. The van der Waals surface area contributed by atoms with Gasteiger partial charge in [-0.3, -0.25) is 0 Å². The van der Waals surface area contributed by atoms with Crippen LogP contribution in [0.3, 0.4) is 0 Å². The second-order valence-corrected chi connectivity index (χ2v) is 4.63. The maximum Gasteiger partial charge on any atom is 0.325 e. The second-order valence-electron chi connectivity index (χ2n) is 1.54. The fraction of sp³-hybridized carbons (Fsp3) is 0.333. The zero-order chi connectivity index (χ0) is 5.70. The van der Waals surface area contributed by atoms with Crippen molar-refractivity contribution in [2.75, 3.05) is 0 Å². The number of rotatable bonds is 3. The first kappa shape index (κ1) is 7.01. The highest BCUT2D eigenvalue weighted by Crippen LogP contribution is 1.90. The van der Waals surface area contributed by atoms with E-state index < -0.39 is 14.1 Å². The zero-order valence-electron chi connectivity index (χ0n) is 4.85. The molecule has 0 aromatic heterocycles. The van der Waals surface area contributed by atoms with Crippen LogP contribution < -0.4 is 0 Å². The van der Waals surface area contributed by atoms with Crippen LogP contribution in [0.25, 0.3) is 0 Å². The van der Waals surface area contributed by atoms with Crippen LogP contribution in [0, 0.1) is 0 Å². The molecule has 0 nitrogen and oxygen atoms in total. The third kappa shape index (κ3) is 2.68. The summed E-state index contributed by atoms with van der Waals surface area (Å²) in [4.78, 5) is 4.10. The minimum absolute atomic E-state index is 0.644. The summed E-state index contributed by atoms with van der Waals surface area (Å²) in [5, 5.41) is 1.26. The normalized spacial score (nSPS) is 7.57. The van der Waals surface area contributed by atoms with Gasteiger partial charge in [0.05, 0.1) is 0 Å². The van der Waals surface area contributed by atoms with Gasteiger partial charge < -0.3 is 0 Å². The Hall–Kier alpha value is 0.0125. The molecule has 0 unspecified atom stereocenters. The fourth-order valence-corrected chi connectivity index (χ4v) is 1.29. The predicted octanol–water partition coefficient (Wildman–Crippen LogP) is 1.95. The molecule has 0 N–H and O–H groups in total. The SMILES string of the molecule is C=[CH][Al]([CH]=C)[CH2]C. The lowest BCUT2D eigenvalue weighted by Gasteiger charge is -1.87. The molecule has 0 amide bonds. The van der Waals surface area contributed by atoms with Gasteiger partial charge in [-0.15, -0.1) is 23.0 Å². The highest BCUT2D eigenvalue weighted by atomic mass is 27.2. The summed E-state index contributed by atoms with van der Waals surface area (Å²) in [5.74, 6) is 0. The average molecular weight is 110 g/mol. The lowest BCUT2D eigenvalue weighted by atomic mass is 11.0. The third-order valence-electron chi connectivity index (χ3n) is 1.08. The monoisotopic (exact) mass is 110 g/mol. The van der Waals surface area contributed by atoms with Crippen LogP contribution in [0.2, 0.25) is 5.28 Å². The summed E-state index contributed by atoms with van der Waals surface area (Å²) in [6.45, 7) is 9.57. The van der Waals surface area contributed by atoms with Crippen molar-refractivity contribution < 1.29 is 0 Å². The lowest BCUT2D eigenvalue weighted by molar-refractivity contribution is 1.44. The van der Waals surface area contributed by atoms with Gasteiger partial charge in [-0.1, -0.05) is 12.2 Å². The fourth-order valence-electron chi connectivity index (χ4n) is 0.430. The van der Waals surface area contributed by atoms with Crippen molar-refractivity contribution in [2.45, 2.75) is 12.2 Å². The Bertz CT molecular complexity index is 58.6. The highest BCUT2D eigenvalue weighted by molar-refractivity contribution is 6.69. The first-order chi connectivity index (χ1) is 3.35. The van der Waals surface area contributed by atoms with E-state index in [9.17, 15) is 0 Å². The van der Waals surface area contributed by atoms with Gasteiger partial charge in [-0.05, 0) is 0 Å². The molecular weight excluding hydrogens is 99.0 g/mol. The van der Waals surface area contributed by atoms with E-state index in [4.69, 9.17) is 0 Å². The molecule has 0 spiro atoms. The Morgan fingerprint density at radius 3 is 1.86 bits per heavy atom. The van der Waals surface area contributed by atoms with Crippen molar-refractivity contribution in [3.05, 3.63) is 23.0 Å². The van der Waals surface area contributed by atoms with Crippen LogP contribution in [0.1, 0.15) is 6.92 Å². The average Bonchev–Trinajstić information content (AvgIpc) is 1.72. The number of hydrogen-bond acceptors (Lipinski definition) is 0. The van der Waals surface area contributed by atoms with E-state index >= 15 is 0 Å². The van der Waals surface area contributed by atoms with Gasteiger partial charge in [-0.2, -0.15) is 0 Å². The van der Waals surface area contributed by atoms with Crippen molar-refractivity contribution in [3.63, 3.8) is 0 Å². The predicted molar refractivity (Wildman–Crippen MR) is 36.6 cm³/mol. The first-order valence-electron chi connectivity index (χ1n) is 2.60. The molecule has 0 atom stereocenters. The van der Waals surface area contributed by atoms with Crippen LogP contribution >= 0.6 is 0 Å². The van der Waals surface area contributed by atoms with E-state index in [0.29, 0.717) is 0 Å². The molecule has 0 aromatic rings. The molecule has 0 aliphatic rings. The summed E-state index contributed by atoms with van der Waals surface area (Å²) >= 11 is -0.644. The van der Waals surface area contributed by atoms with Gasteiger partial charge in [0, 0.05) is 0 Å². The van der Waals surface area contributed by atoms with Crippen LogP contribution in [-0.2, 0) is 0 Å². The van der Waals surface area contributed by atoms with E-state index in [1.54, 1.807) is 0 Å². The van der Waals surface area contributed by atoms with Crippen LogP contribution in [-0.4, -0.2) is 14.1 Å². The van der Waals surface area contributed by atoms with Crippen LogP contribution in [0.5, 0.6) is 0 Å². The Morgan fingerprint density at radius 1 is 1.43 bits per heavy atom. The molecule has 38 valence electrons. The molecule has 0 rings (SSSR count). The topological polar surface area (TPSA) is 0 Å². The van der Waals surface area contributed by atoms with Crippen molar-refractivity contribution in [3.8, 4) is 0 Å². The van der Waals surface area contributed by atoms with Gasteiger partial charge in [0.2, 0.25) is 0 Å². The molecule has 1 heteroatoms. The molecule has 0 saturated carbocycles. The minimum Gasteiger partial charge on any atom is -0.147 e. The zero-order valence-corrected chi connectivity index (χ0v) is 6.01. The molecule has 0 radical (unpaired) electrons. The lowest BCUT2D eigenvalue weighted by Crippen LogP contribution is -2.00. The van der Waals surface area contributed by atoms with E-state index in [0.717, 1.165) is 0 Å². The van der Waals surface area contributed by atoms with Crippen molar-refractivity contribution in [1.82, 2.24) is 0 Å². The molecule has 0 aliphatic carbocycles. The molecule has 0 aliphatic heterocycles. The Morgan fingerprint density at radius 2 is 1.86 bits per heavy atom. The summed E-state index contributed by atoms with van der Waals surface area (Å²) in [6.07, 6.45) is 0. The molecule has 0 aromatic carbocycles. The third-order valence-corrected chi connectivity index (χ3v) is 3.23. The minimum atomic E-state index is -0.644. The largest absolute Gasteiger partial charge is 0.325 e. The molecule has 0 fully saturated rings. The Labute approximate surface area is 49.9 Å². The Kier molecular flexibility index (Phi) is 4.19. The number of hydrogen-bond donors (Lipinski definition) is 0. The van der Waals surface area contributed by atoms with Crippen LogP contribution in [0.4, 0.5) is 0 Å². The summed E-state index contributed by atoms with van der Waals surface area (Å²) in [7, 11) is 0. The van der Waals surface area contributed by atoms with E-state index in [1.807, 2.05) is 9.88 Å². The molecular formula is C6H11Al. The first-order valence-corrected chi connectivity index (χ1v) is 4.75. The van der Waals surface area contributed by atoms with Gasteiger partial charge in [0.15, 0.2) is 0 Å². The Balaban J connectivity index is 3.36. The van der Waals surface area contributed by atoms with Gasteiger partial charge in [0.25, 0.3) is 0 Å². The molecule has 7 heavy (non-hydrogen) atoms. The van der Waals surface area contributed by atoms with Gasteiger partial charge in [-0.25, -0.2) is 0 Å². The standard InChI is InChI=1S/C2H5.2C2H3.Al/c3*1-2;/h1H2,2H3;2*1H,2H2;. The van der Waals surface area contributed by atoms with Gasteiger partial charge >= 0.3 is 14.1 Å². The van der Waals surface area contributed by atoms with Crippen molar-refractivity contribution in [2.24, 2.45) is 0 Å². The second kappa shape index (κ2) is 4.18.